The summed E-state index contributed by atoms with van der Waals surface area (Å²) in [6, 6.07) is 0. The summed E-state index contributed by atoms with van der Waals surface area (Å²) in [5.41, 5.74) is 0. The highest BCUT2D eigenvalue weighted by atomic mass is 31.2. The Hall–Kier alpha value is -3.76. The van der Waals surface area contributed by atoms with Crippen LogP contribution in [-0.2, 0) is 65.4 Å². The number of hydrogen-bond acceptors (Lipinski definition) is 15. The zero-order valence-electron chi connectivity index (χ0n) is 66.2. The van der Waals surface area contributed by atoms with Gasteiger partial charge in [0.05, 0.1) is 26.4 Å². The number of aliphatic hydroxyl groups excluding tert-OH is 1. The molecule has 0 saturated carbocycles. The molecule has 3 N–H and O–H groups in total. The molecule has 604 valence electrons. The summed E-state index contributed by atoms with van der Waals surface area (Å²) in [6.45, 7) is 4.77. The van der Waals surface area contributed by atoms with E-state index in [-0.39, 0.29) is 25.7 Å². The standard InChI is InChI=1S/C85H152O17P2/c1-5-9-13-17-21-25-29-33-36-38-39-41-43-47-50-54-58-62-66-70-83(88)96-76-81(102-85(90)72-68-64-60-56-52-48-44-40-37-34-30-26-22-18-14-10-6-2)78-100-104(93,94)98-74-79(86)73-97-103(91,92)99-77-80(101-84(89)71-67-63-59-55-51-45-32-28-24-20-16-12-8-4)75-95-82(87)69-65-61-57-53-49-46-42-35-31-27-23-19-15-11-7-3/h10,14,21-22,25-26,33-34,36-37,39,41,44,48,79-81,86H,5-9,11-13,15-20,23-24,27-32,35,38,40,42-43,45-47,49-78H2,1-4H3,(H,91,92)(H,93,94)/b14-10-,25-21-,26-22-,36-33-,37-34-,41-39-,48-44-. The van der Waals surface area contributed by atoms with Crippen LogP contribution in [0.25, 0.3) is 0 Å². The molecule has 0 aromatic carbocycles. The van der Waals surface area contributed by atoms with Gasteiger partial charge in [0.1, 0.15) is 19.3 Å². The number of hydrogen-bond donors (Lipinski definition) is 3. The predicted octanol–water partition coefficient (Wildman–Crippen LogP) is 24.6. The average molecular weight is 1510 g/mol. The Kier molecular flexibility index (Phi) is 74.6. The number of aliphatic hydroxyl groups is 1. The van der Waals surface area contributed by atoms with Crippen molar-refractivity contribution in [1.82, 2.24) is 0 Å². The smallest absolute Gasteiger partial charge is 0.462 e. The third kappa shape index (κ3) is 76.4. The minimum atomic E-state index is -4.99. The van der Waals surface area contributed by atoms with Gasteiger partial charge >= 0.3 is 39.5 Å². The number of carbonyl (C=O) groups excluding carboxylic acids is 4. The molecule has 0 fully saturated rings. The molecule has 0 amide bonds. The van der Waals surface area contributed by atoms with Crippen molar-refractivity contribution in [1.29, 1.82) is 0 Å². The fourth-order valence-electron chi connectivity index (χ4n) is 11.5. The molecular weight excluding hydrogens is 1350 g/mol. The van der Waals surface area contributed by atoms with Crippen molar-refractivity contribution in [3.63, 3.8) is 0 Å². The molecule has 0 heterocycles. The van der Waals surface area contributed by atoms with E-state index in [2.05, 4.69) is 113 Å². The van der Waals surface area contributed by atoms with Gasteiger partial charge in [-0.3, -0.25) is 37.3 Å². The quantitative estimate of drug-likeness (QED) is 0.0169. The Balaban J connectivity index is 5.36. The Morgan fingerprint density at radius 2 is 0.500 bits per heavy atom. The lowest BCUT2D eigenvalue weighted by molar-refractivity contribution is -0.161. The molecule has 0 bridgehead atoms. The van der Waals surface area contributed by atoms with Gasteiger partial charge in [0.2, 0.25) is 0 Å². The first-order valence-corrected chi connectivity index (χ1v) is 44.8. The monoisotopic (exact) mass is 1510 g/mol. The molecular formula is C85H152O17P2. The van der Waals surface area contributed by atoms with Crippen molar-refractivity contribution < 1.29 is 80.2 Å². The molecule has 104 heavy (non-hydrogen) atoms. The number of phosphoric ester groups is 2. The van der Waals surface area contributed by atoms with E-state index in [0.29, 0.717) is 25.7 Å². The minimum Gasteiger partial charge on any atom is -0.462 e. The van der Waals surface area contributed by atoms with Crippen LogP contribution in [0.2, 0.25) is 0 Å². The molecule has 0 aliphatic rings. The molecule has 0 spiro atoms. The van der Waals surface area contributed by atoms with Crippen molar-refractivity contribution in [2.75, 3.05) is 39.6 Å². The van der Waals surface area contributed by atoms with Crippen molar-refractivity contribution in [3.05, 3.63) is 85.1 Å². The van der Waals surface area contributed by atoms with E-state index in [9.17, 15) is 43.2 Å². The number of esters is 4. The number of carbonyl (C=O) groups is 4. The van der Waals surface area contributed by atoms with Crippen molar-refractivity contribution in [2.45, 2.75) is 393 Å². The molecule has 0 radical (unpaired) electrons. The van der Waals surface area contributed by atoms with Gasteiger partial charge in [0, 0.05) is 25.7 Å². The van der Waals surface area contributed by atoms with E-state index in [0.717, 1.165) is 154 Å². The van der Waals surface area contributed by atoms with Crippen LogP contribution < -0.4 is 0 Å². The third-order valence-electron chi connectivity index (χ3n) is 17.9. The Labute approximate surface area is 634 Å². The van der Waals surface area contributed by atoms with Gasteiger partial charge in [-0.15, -0.1) is 0 Å². The minimum absolute atomic E-state index is 0.0652. The molecule has 5 atom stereocenters. The molecule has 5 unspecified atom stereocenters. The van der Waals surface area contributed by atoms with Gasteiger partial charge < -0.3 is 33.8 Å². The molecule has 0 saturated heterocycles. The summed E-state index contributed by atoms with van der Waals surface area (Å²) in [5, 5.41) is 10.7. The highest BCUT2D eigenvalue weighted by Gasteiger charge is 2.30. The van der Waals surface area contributed by atoms with Crippen LogP contribution in [0.5, 0.6) is 0 Å². The molecule has 0 rings (SSSR count). The lowest BCUT2D eigenvalue weighted by atomic mass is 10.0. The van der Waals surface area contributed by atoms with Gasteiger partial charge in [-0.2, -0.15) is 0 Å². The molecule has 17 nitrogen and oxygen atoms in total. The SMILES string of the molecule is CC/C=C\C/C=C\C/C=C\C/C=C\CCCCCCC(=O)OC(COC(=O)CCCCCCCC/C=C\C/C=C\C/C=C\CCCCC)COP(=O)(O)OCC(O)COP(=O)(O)OCC(COC(=O)CCCCCCCCCCCCCCCCC)OC(=O)CCCCCCCCCCCCCCC. The van der Waals surface area contributed by atoms with Crippen LogP contribution in [0.1, 0.15) is 374 Å². The molecule has 0 aliphatic heterocycles. The first-order chi connectivity index (χ1) is 50.7. The largest absolute Gasteiger partial charge is 0.472 e. The number of allylic oxidation sites excluding steroid dienone is 14. The highest BCUT2D eigenvalue weighted by molar-refractivity contribution is 7.47. The van der Waals surface area contributed by atoms with Gasteiger partial charge in [0.25, 0.3) is 0 Å². The first-order valence-electron chi connectivity index (χ1n) is 41.8. The van der Waals surface area contributed by atoms with Crippen molar-refractivity contribution in [3.8, 4) is 0 Å². The highest BCUT2D eigenvalue weighted by Crippen LogP contribution is 2.45. The van der Waals surface area contributed by atoms with Crippen LogP contribution in [0.3, 0.4) is 0 Å². The van der Waals surface area contributed by atoms with E-state index < -0.39 is 97.5 Å². The number of unbranched alkanes of at least 4 members (excludes halogenated alkanes) is 39. The van der Waals surface area contributed by atoms with Gasteiger partial charge in [0.15, 0.2) is 12.2 Å². The summed E-state index contributed by atoms with van der Waals surface area (Å²) in [5.74, 6) is -2.18. The lowest BCUT2D eigenvalue weighted by Gasteiger charge is -2.21. The Morgan fingerprint density at radius 1 is 0.279 bits per heavy atom. The second-order valence-corrected chi connectivity index (χ2v) is 31.0. The second kappa shape index (κ2) is 77.4. The average Bonchev–Trinajstić information content (AvgIpc) is 0.917. The van der Waals surface area contributed by atoms with Crippen LogP contribution in [-0.4, -0.2) is 96.7 Å². The summed E-state index contributed by atoms with van der Waals surface area (Å²) in [7, 11) is -9.96. The number of phosphoric acid groups is 2. The lowest BCUT2D eigenvalue weighted by Crippen LogP contribution is -2.30. The molecule has 0 aromatic heterocycles. The molecule has 19 heteroatoms. The molecule has 0 aliphatic carbocycles. The fourth-order valence-corrected chi connectivity index (χ4v) is 13.1. The van der Waals surface area contributed by atoms with E-state index in [4.69, 9.17) is 37.0 Å². The maximum absolute atomic E-state index is 13.1. The first kappa shape index (κ1) is 100. The second-order valence-electron chi connectivity index (χ2n) is 28.1. The van der Waals surface area contributed by atoms with E-state index in [1.54, 1.807) is 0 Å². The van der Waals surface area contributed by atoms with Crippen LogP contribution in [0.4, 0.5) is 0 Å². The van der Waals surface area contributed by atoms with Crippen LogP contribution in [0, 0.1) is 0 Å². The van der Waals surface area contributed by atoms with Gasteiger partial charge in [-0.05, 0) is 103 Å². The maximum atomic E-state index is 13.1. The zero-order valence-corrected chi connectivity index (χ0v) is 68.0. The van der Waals surface area contributed by atoms with E-state index in [1.807, 2.05) is 0 Å². The summed E-state index contributed by atoms with van der Waals surface area (Å²) < 4.78 is 68.7. The topological polar surface area (TPSA) is 237 Å². The van der Waals surface area contributed by atoms with Crippen molar-refractivity contribution in [2.24, 2.45) is 0 Å². The number of ether oxygens (including phenoxy) is 4. The van der Waals surface area contributed by atoms with Gasteiger partial charge in [-0.25, -0.2) is 9.13 Å². The van der Waals surface area contributed by atoms with Crippen LogP contribution in [0.15, 0.2) is 85.1 Å². The van der Waals surface area contributed by atoms with Gasteiger partial charge in [-0.1, -0.05) is 331 Å². The van der Waals surface area contributed by atoms with Crippen LogP contribution >= 0.6 is 15.6 Å². The van der Waals surface area contributed by atoms with Crippen molar-refractivity contribution >= 4 is 39.5 Å². The summed E-state index contributed by atoms with van der Waals surface area (Å²) in [6.07, 6.45) is 81.1. The maximum Gasteiger partial charge on any atom is 0.472 e. The third-order valence-corrected chi connectivity index (χ3v) is 19.8. The van der Waals surface area contributed by atoms with E-state index >= 15 is 0 Å². The predicted molar refractivity (Wildman–Crippen MR) is 427 cm³/mol. The molecule has 0 aromatic rings. The normalized spacial score (nSPS) is 14.3. The zero-order chi connectivity index (χ0) is 76.0. The summed E-state index contributed by atoms with van der Waals surface area (Å²) in [4.78, 5) is 73.1. The summed E-state index contributed by atoms with van der Waals surface area (Å²) >= 11 is 0. The Morgan fingerprint density at radius 3 is 0.788 bits per heavy atom. The fraction of sp³-hybridized carbons (Fsp3) is 0.788. The Bertz CT molecular complexity index is 2300. The number of rotatable bonds is 79. The van der Waals surface area contributed by atoms with E-state index in [1.165, 1.54) is 141 Å².